The topological polar surface area (TPSA) is 119 Å². The van der Waals surface area contributed by atoms with E-state index in [0.717, 1.165) is 37.3 Å². The summed E-state index contributed by atoms with van der Waals surface area (Å²) >= 11 is 0. The summed E-state index contributed by atoms with van der Waals surface area (Å²) in [4.78, 5) is 22.6. The summed E-state index contributed by atoms with van der Waals surface area (Å²) in [5.41, 5.74) is 0.844. The van der Waals surface area contributed by atoms with Gasteiger partial charge in [-0.2, -0.15) is 0 Å². The molecule has 3 rings (SSSR count). The molecule has 2 saturated heterocycles. The van der Waals surface area contributed by atoms with Crippen molar-refractivity contribution in [2.45, 2.75) is 141 Å². The Morgan fingerprint density at radius 2 is 1.68 bits per heavy atom. The second-order valence-electron chi connectivity index (χ2n) is 11.6. The molecule has 8 atom stereocenters. The van der Waals surface area contributed by atoms with Crippen LogP contribution in [0.4, 0.5) is 0 Å². The third kappa shape index (κ3) is 12.5. The zero-order valence-electron chi connectivity index (χ0n) is 26.8. The minimum Gasteiger partial charge on any atom is -0.493 e. The highest BCUT2D eigenvalue weighted by Gasteiger charge is 2.37. The Morgan fingerprint density at radius 3 is 2.34 bits per heavy atom. The highest BCUT2D eigenvalue weighted by Crippen LogP contribution is 2.36. The molecule has 1 aromatic rings. The van der Waals surface area contributed by atoms with E-state index in [9.17, 15) is 14.7 Å². The Kier molecular flexibility index (Phi) is 15.6. The number of benzene rings is 1. The third-order valence-corrected chi connectivity index (χ3v) is 7.86. The summed E-state index contributed by atoms with van der Waals surface area (Å²) in [5.74, 6) is -0.115. The van der Waals surface area contributed by atoms with Gasteiger partial charge in [0, 0.05) is 50.7 Å². The number of aliphatic hydroxyl groups excluding tert-OH is 1. The minimum atomic E-state index is -0.692. The SMILES string of the molecule is C=CC(=O)OCCCOc1ccc(C2OC(CC(O)CC(CC)OC(C)=O)CC(CC3CC(CC)OC(CCC)O3)O2)cc1. The quantitative estimate of drug-likeness (QED) is 0.120. The van der Waals surface area contributed by atoms with Crippen LogP contribution in [-0.2, 0) is 38.0 Å². The third-order valence-electron chi connectivity index (χ3n) is 7.86. The minimum absolute atomic E-state index is 0.00883. The summed E-state index contributed by atoms with van der Waals surface area (Å²) in [6, 6.07) is 7.55. The van der Waals surface area contributed by atoms with Crippen molar-refractivity contribution in [2.75, 3.05) is 13.2 Å². The smallest absolute Gasteiger partial charge is 0.330 e. The van der Waals surface area contributed by atoms with Gasteiger partial charge in [-0.05, 0) is 37.8 Å². The first-order valence-corrected chi connectivity index (χ1v) is 16.2. The lowest BCUT2D eigenvalue weighted by Crippen LogP contribution is -2.42. The zero-order chi connectivity index (χ0) is 31.9. The first-order valence-electron chi connectivity index (χ1n) is 16.2. The number of hydrogen-bond acceptors (Lipinski definition) is 10. The predicted molar refractivity (Wildman–Crippen MR) is 164 cm³/mol. The van der Waals surface area contributed by atoms with Crippen LogP contribution in [0, 0.1) is 0 Å². The highest BCUT2D eigenvalue weighted by molar-refractivity contribution is 5.81. The molecule has 0 spiro atoms. The first-order chi connectivity index (χ1) is 21.2. The molecule has 2 fully saturated rings. The molecule has 1 N–H and O–H groups in total. The average molecular weight is 621 g/mol. The van der Waals surface area contributed by atoms with Crippen molar-refractivity contribution in [3.8, 4) is 5.75 Å². The number of hydrogen-bond donors (Lipinski definition) is 1. The van der Waals surface area contributed by atoms with Crippen LogP contribution in [0.3, 0.4) is 0 Å². The molecule has 10 nitrogen and oxygen atoms in total. The van der Waals surface area contributed by atoms with Gasteiger partial charge in [0.25, 0.3) is 0 Å². The van der Waals surface area contributed by atoms with Gasteiger partial charge in [-0.3, -0.25) is 4.79 Å². The summed E-state index contributed by atoms with van der Waals surface area (Å²) < 4.78 is 41.5. The van der Waals surface area contributed by atoms with Gasteiger partial charge in [0.1, 0.15) is 11.9 Å². The van der Waals surface area contributed by atoms with Crippen molar-refractivity contribution in [3.05, 3.63) is 42.5 Å². The van der Waals surface area contributed by atoms with Gasteiger partial charge in [0.2, 0.25) is 0 Å². The van der Waals surface area contributed by atoms with Gasteiger partial charge in [-0.15, -0.1) is 0 Å². The molecule has 0 radical (unpaired) electrons. The van der Waals surface area contributed by atoms with Crippen molar-refractivity contribution in [2.24, 2.45) is 0 Å². The van der Waals surface area contributed by atoms with E-state index in [4.69, 9.17) is 33.2 Å². The van der Waals surface area contributed by atoms with E-state index in [1.54, 1.807) is 0 Å². The van der Waals surface area contributed by atoms with Crippen molar-refractivity contribution in [1.29, 1.82) is 0 Å². The van der Waals surface area contributed by atoms with Crippen LogP contribution in [0.2, 0.25) is 0 Å². The fourth-order valence-corrected chi connectivity index (χ4v) is 5.63. The molecule has 0 aliphatic carbocycles. The van der Waals surface area contributed by atoms with Gasteiger partial charge >= 0.3 is 11.9 Å². The van der Waals surface area contributed by atoms with E-state index in [2.05, 4.69) is 20.4 Å². The fraction of sp³-hybridized carbons (Fsp3) is 0.706. The number of ether oxygens (including phenoxy) is 7. The van der Waals surface area contributed by atoms with E-state index in [0.29, 0.717) is 50.9 Å². The number of rotatable bonds is 18. The van der Waals surface area contributed by atoms with E-state index in [1.165, 1.54) is 6.92 Å². The lowest BCUT2D eigenvalue weighted by Gasteiger charge is -2.41. The molecule has 0 bridgehead atoms. The summed E-state index contributed by atoms with van der Waals surface area (Å²) in [6.45, 7) is 11.6. The second kappa shape index (κ2) is 19.1. The number of carbonyl (C=O) groups is 2. The second-order valence-corrected chi connectivity index (χ2v) is 11.6. The van der Waals surface area contributed by atoms with Gasteiger partial charge in [-0.25, -0.2) is 4.79 Å². The van der Waals surface area contributed by atoms with E-state index in [-0.39, 0.29) is 49.4 Å². The molecular weight excluding hydrogens is 568 g/mol. The van der Waals surface area contributed by atoms with Crippen LogP contribution < -0.4 is 4.74 Å². The Hall–Kier alpha value is -2.50. The maximum Gasteiger partial charge on any atom is 0.330 e. The molecule has 248 valence electrons. The van der Waals surface area contributed by atoms with E-state index in [1.807, 2.05) is 31.2 Å². The lowest BCUT2D eigenvalue weighted by molar-refractivity contribution is -0.277. The zero-order valence-corrected chi connectivity index (χ0v) is 26.8. The standard InChI is InChI=1S/C34H52O10/c1-6-11-33-41-27(8-3)20-30(42-33)22-31-21-29(19-25(36)18-26(7-2)40-23(5)35)43-34(44-31)24-12-14-28(15-13-24)38-16-10-17-39-32(37)9-4/h9,12-15,25-27,29-31,33-34,36H,4,6-8,10-11,16-22H2,1-3,5H3. The largest absolute Gasteiger partial charge is 0.493 e. The highest BCUT2D eigenvalue weighted by atomic mass is 16.7. The van der Waals surface area contributed by atoms with Crippen molar-refractivity contribution >= 4 is 11.9 Å². The maximum atomic E-state index is 11.5. The van der Waals surface area contributed by atoms with Crippen molar-refractivity contribution < 1.29 is 47.9 Å². The molecule has 0 saturated carbocycles. The summed E-state index contributed by atoms with van der Waals surface area (Å²) in [5, 5.41) is 10.9. The monoisotopic (exact) mass is 620 g/mol. The van der Waals surface area contributed by atoms with Crippen LogP contribution in [0.15, 0.2) is 36.9 Å². The molecule has 8 unspecified atom stereocenters. The summed E-state index contributed by atoms with van der Waals surface area (Å²) in [6.07, 6.45) is 5.89. The van der Waals surface area contributed by atoms with Crippen LogP contribution >= 0.6 is 0 Å². The fourth-order valence-electron chi connectivity index (χ4n) is 5.63. The van der Waals surface area contributed by atoms with Gasteiger partial charge in [0.05, 0.1) is 43.7 Å². The van der Waals surface area contributed by atoms with Crippen LogP contribution in [-0.4, -0.2) is 73.2 Å². The van der Waals surface area contributed by atoms with Gasteiger partial charge < -0.3 is 38.3 Å². The number of esters is 2. The number of carbonyl (C=O) groups excluding carboxylic acids is 2. The van der Waals surface area contributed by atoms with Gasteiger partial charge in [-0.1, -0.05) is 45.9 Å². The van der Waals surface area contributed by atoms with Crippen molar-refractivity contribution in [3.63, 3.8) is 0 Å². The molecule has 0 aromatic heterocycles. The van der Waals surface area contributed by atoms with Crippen LogP contribution in [0.5, 0.6) is 5.75 Å². The molecule has 2 heterocycles. The molecule has 1 aromatic carbocycles. The molecule has 44 heavy (non-hydrogen) atoms. The Labute approximate surface area is 262 Å². The van der Waals surface area contributed by atoms with Crippen LogP contribution in [0.25, 0.3) is 0 Å². The average Bonchev–Trinajstić information content (AvgIpc) is 3.00. The molecule has 10 heteroatoms. The summed E-state index contributed by atoms with van der Waals surface area (Å²) in [7, 11) is 0. The molecular formula is C34H52O10. The number of aliphatic hydroxyl groups is 1. The Balaban J connectivity index is 1.65. The first kappa shape index (κ1) is 36.0. The van der Waals surface area contributed by atoms with Crippen LogP contribution in [0.1, 0.15) is 104 Å². The molecule has 2 aliphatic rings. The van der Waals surface area contributed by atoms with E-state index >= 15 is 0 Å². The van der Waals surface area contributed by atoms with Gasteiger partial charge in [0.15, 0.2) is 12.6 Å². The molecule has 2 aliphatic heterocycles. The lowest BCUT2D eigenvalue weighted by atomic mass is 9.94. The van der Waals surface area contributed by atoms with E-state index < -0.39 is 18.4 Å². The predicted octanol–water partition coefficient (Wildman–Crippen LogP) is 5.94. The maximum absolute atomic E-state index is 11.5. The Morgan fingerprint density at radius 1 is 1.00 bits per heavy atom. The van der Waals surface area contributed by atoms with Crippen molar-refractivity contribution in [1.82, 2.24) is 0 Å². The molecule has 0 amide bonds. The normalized spacial score (nSPS) is 26.8. The Bertz CT molecular complexity index is 998.